The molecule has 4 nitrogen and oxygen atoms in total. The zero-order chi connectivity index (χ0) is 15.0. The van der Waals surface area contributed by atoms with Crippen molar-refractivity contribution in [1.29, 1.82) is 0 Å². The van der Waals surface area contributed by atoms with E-state index in [9.17, 15) is 5.11 Å². The molecule has 0 saturated heterocycles. The van der Waals surface area contributed by atoms with Crippen LogP contribution in [0.5, 0.6) is 11.5 Å². The Morgan fingerprint density at radius 3 is 2.81 bits per heavy atom. The molecule has 4 heteroatoms. The summed E-state index contributed by atoms with van der Waals surface area (Å²) in [5.74, 6) is 1.93. The number of rotatable bonds is 6. The lowest BCUT2D eigenvalue weighted by Crippen LogP contribution is -2.28. The van der Waals surface area contributed by atoms with E-state index in [0.717, 1.165) is 43.9 Å². The highest BCUT2D eigenvalue weighted by atomic mass is 16.5. The number of methoxy groups -OCH3 is 1. The van der Waals surface area contributed by atoms with Gasteiger partial charge in [0.1, 0.15) is 17.6 Å². The molecule has 0 amide bonds. The Labute approximate surface area is 126 Å². The fourth-order valence-corrected chi connectivity index (χ4v) is 3.28. The van der Waals surface area contributed by atoms with Crippen LogP contribution in [-0.4, -0.2) is 43.4 Å². The maximum absolute atomic E-state index is 9.47. The van der Waals surface area contributed by atoms with Gasteiger partial charge in [-0.05, 0) is 38.9 Å². The predicted octanol–water partition coefficient (Wildman–Crippen LogP) is 2.22. The van der Waals surface area contributed by atoms with Gasteiger partial charge in [0, 0.05) is 42.7 Å². The maximum Gasteiger partial charge on any atom is 0.127 e. The maximum atomic E-state index is 9.47. The molecule has 0 bridgehead atoms. The molecule has 1 N–H and O–H groups in total. The van der Waals surface area contributed by atoms with E-state index in [1.807, 2.05) is 0 Å². The molecule has 3 rings (SSSR count). The minimum atomic E-state index is 0.144. The second-order valence-corrected chi connectivity index (χ2v) is 6.74. The number of hydrogen-bond donors (Lipinski definition) is 1. The third kappa shape index (κ3) is 3.01. The number of aliphatic hydroxyl groups is 1. The molecule has 1 fully saturated rings. The summed E-state index contributed by atoms with van der Waals surface area (Å²) in [4.78, 5) is 2.28. The molecular weight excluding hydrogens is 266 g/mol. The summed E-state index contributed by atoms with van der Waals surface area (Å²) in [5, 5.41) is 9.47. The van der Waals surface area contributed by atoms with Gasteiger partial charge in [-0.25, -0.2) is 0 Å². The number of benzene rings is 1. The molecule has 0 spiro atoms. The minimum Gasteiger partial charge on any atom is -0.497 e. The Balaban J connectivity index is 1.77. The first-order chi connectivity index (χ1) is 10.0. The van der Waals surface area contributed by atoms with E-state index >= 15 is 0 Å². The second kappa shape index (κ2) is 5.50. The molecule has 0 radical (unpaired) electrons. The topological polar surface area (TPSA) is 41.9 Å². The fraction of sp³-hybridized carbons (Fsp3) is 0.647. The normalized spacial score (nSPS) is 22.0. The van der Waals surface area contributed by atoms with Gasteiger partial charge in [0.15, 0.2) is 0 Å². The predicted molar refractivity (Wildman–Crippen MR) is 81.9 cm³/mol. The van der Waals surface area contributed by atoms with Crippen molar-refractivity contribution in [2.75, 3.05) is 27.3 Å². The van der Waals surface area contributed by atoms with Crippen LogP contribution in [0.25, 0.3) is 0 Å². The van der Waals surface area contributed by atoms with Gasteiger partial charge < -0.3 is 19.5 Å². The quantitative estimate of drug-likeness (QED) is 0.872. The molecule has 21 heavy (non-hydrogen) atoms. The molecule has 1 aliphatic heterocycles. The first-order valence-corrected chi connectivity index (χ1v) is 7.71. The Bertz CT molecular complexity index is 525. The molecule has 1 unspecified atom stereocenters. The average Bonchev–Trinajstić information content (AvgIpc) is 3.11. The molecule has 116 valence electrons. The van der Waals surface area contributed by atoms with Gasteiger partial charge in [-0.1, -0.05) is 0 Å². The van der Waals surface area contributed by atoms with E-state index in [2.05, 4.69) is 31.0 Å². The lowest BCUT2D eigenvalue weighted by atomic mass is 10.0. The van der Waals surface area contributed by atoms with Crippen molar-refractivity contribution in [3.8, 4) is 11.5 Å². The largest absolute Gasteiger partial charge is 0.497 e. The van der Waals surface area contributed by atoms with Crippen LogP contribution < -0.4 is 9.47 Å². The van der Waals surface area contributed by atoms with Gasteiger partial charge in [0.05, 0.1) is 7.11 Å². The zero-order valence-corrected chi connectivity index (χ0v) is 13.2. The summed E-state index contributed by atoms with van der Waals surface area (Å²) in [5.41, 5.74) is 2.57. The zero-order valence-electron chi connectivity index (χ0n) is 13.2. The first-order valence-electron chi connectivity index (χ1n) is 7.71. The monoisotopic (exact) mass is 291 g/mol. The van der Waals surface area contributed by atoms with Crippen molar-refractivity contribution >= 4 is 0 Å². The van der Waals surface area contributed by atoms with Gasteiger partial charge >= 0.3 is 0 Å². The molecule has 1 atom stereocenters. The third-order valence-electron chi connectivity index (χ3n) is 4.62. The summed E-state index contributed by atoms with van der Waals surface area (Å²) in [6.45, 7) is 4.16. The minimum absolute atomic E-state index is 0.144. The van der Waals surface area contributed by atoms with Crippen LogP contribution >= 0.6 is 0 Å². The molecular formula is C17H25NO3. The molecule has 1 heterocycles. The van der Waals surface area contributed by atoms with Gasteiger partial charge in [0.25, 0.3) is 0 Å². The van der Waals surface area contributed by atoms with Gasteiger partial charge in [-0.15, -0.1) is 0 Å². The van der Waals surface area contributed by atoms with Crippen molar-refractivity contribution in [2.45, 2.75) is 38.8 Å². The van der Waals surface area contributed by atoms with Crippen molar-refractivity contribution in [3.05, 3.63) is 23.3 Å². The number of hydrogen-bond acceptors (Lipinski definition) is 4. The van der Waals surface area contributed by atoms with Crippen LogP contribution in [0.3, 0.4) is 0 Å². The van der Waals surface area contributed by atoms with Crippen LogP contribution in [0.15, 0.2) is 12.1 Å². The summed E-state index contributed by atoms with van der Waals surface area (Å²) in [6, 6.07) is 4.16. The summed E-state index contributed by atoms with van der Waals surface area (Å²) in [6.07, 6.45) is 3.46. The van der Waals surface area contributed by atoms with Crippen LogP contribution in [0.4, 0.5) is 0 Å². The van der Waals surface area contributed by atoms with E-state index in [-0.39, 0.29) is 11.5 Å². The van der Waals surface area contributed by atoms with E-state index in [1.165, 1.54) is 11.1 Å². The Morgan fingerprint density at radius 2 is 2.19 bits per heavy atom. The van der Waals surface area contributed by atoms with Gasteiger partial charge in [-0.2, -0.15) is 0 Å². The van der Waals surface area contributed by atoms with Crippen LogP contribution in [0.2, 0.25) is 0 Å². The standard InChI is InChI=1S/C17H25NO3/c1-12-6-13-7-15(20-3)8-14(16(13)21-12)9-18(2)10-17(11-19)4-5-17/h7-8,12,19H,4-6,9-11H2,1-3H3. The van der Waals surface area contributed by atoms with Gasteiger partial charge in [0.2, 0.25) is 0 Å². The van der Waals surface area contributed by atoms with Gasteiger partial charge in [-0.3, -0.25) is 0 Å². The van der Waals surface area contributed by atoms with Crippen LogP contribution in [0, 0.1) is 5.41 Å². The highest BCUT2D eigenvalue weighted by molar-refractivity contribution is 5.49. The Hall–Kier alpha value is -1.26. The molecule has 1 aromatic carbocycles. The van der Waals surface area contributed by atoms with Crippen LogP contribution in [-0.2, 0) is 13.0 Å². The second-order valence-electron chi connectivity index (χ2n) is 6.74. The highest BCUT2D eigenvalue weighted by Crippen LogP contribution is 2.46. The van der Waals surface area contributed by atoms with E-state index in [0.29, 0.717) is 6.61 Å². The van der Waals surface area contributed by atoms with Crippen molar-refractivity contribution in [2.24, 2.45) is 5.41 Å². The average molecular weight is 291 g/mol. The Morgan fingerprint density at radius 1 is 1.43 bits per heavy atom. The molecule has 1 aliphatic carbocycles. The van der Waals surface area contributed by atoms with E-state index in [1.54, 1.807) is 7.11 Å². The number of nitrogens with zero attached hydrogens (tertiary/aromatic N) is 1. The lowest BCUT2D eigenvalue weighted by Gasteiger charge is -2.23. The SMILES string of the molecule is COc1cc2c(c(CN(C)CC3(CO)CC3)c1)OC(C)C2. The smallest absolute Gasteiger partial charge is 0.127 e. The first kappa shape index (κ1) is 14.7. The van der Waals surface area contributed by atoms with E-state index in [4.69, 9.17) is 9.47 Å². The number of fused-ring (bicyclic) bond motifs is 1. The number of aliphatic hydroxyl groups excluding tert-OH is 1. The number of ether oxygens (including phenoxy) is 2. The molecule has 2 aliphatic rings. The van der Waals surface area contributed by atoms with Crippen molar-refractivity contribution in [1.82, 2.24) is 4.90 Å². The summed E-state index contributed by atoms with van der Waals surface area (Å²) >= 11 is 0. The lowest BCUT2D eigenvalue weighted by molar-refractivity contribution is 0.159. The summed E-state index contributed by atoms with van der Waals surface area (Å²) in [7, 11) is 3.82. The molecule has 0 aromatic heterocycles. The third-order valence-corrected chi connectivity index (χ3v) is 4.62. The van der Waals surface area contributed by atoms with Crippen LogP contribution in [0.1, 0.15) is 30.9 Å². The van der Waals surface area contributed by atoms with Crippen molar-refractivity contribution in [3.63, 3.8) is 0 Å². The highest BCUT2D eigenvalue weighted by Gasteiger charge is 2.42. The van der Waals surface area contributed by atoms with Crippen molar-refractivity contribution < 1.29 is 14.6 Å². The molecule has 1 aromatic rings. The fourth-order valence-electron chi connectivity index (χ4n) is 3.28. The summed E-state index contributed by atoms with van der Waals surface area (Å²) < 4.78 is 11.4. The molecule has 1 saturated carbocycles. The van der Waals surface area contributed by atoms with E-state index < -0.39 is 0 Å². The Kier molecular flexibility index (Phi) is 3.84.